The molecule has 0 saturated heterocycles. The lowest BCUT2D eigenvalue weighted by molar-refractivity contribution is 0.103. The molecule has 4 aromatic rings. The summed E-state index contributed by atoms with van der Waals surface area (Å²) >= 11 is 2.63. The summed E-state index contributed by atoms with van der Waals surface area (Å²) < 4.78 is 11.5. The van der Waals surface area contributed by atoms with Gasteiger partial charge in [-0.1, -0.05) is 11.3 Å². The van der Waals surface area contributed by atoms with Crippen LogP contribution in [0.5, 0.6) is 11.5 Å². The third-order valence-corrected chi connectivity index (χ3v) is 6.36. The summed E-state index contributed by atoms with van der Waals surface area (Å²) in [5.41, 5.74) is 9.27. The van der Waals surface area contributed by atoms with Gasteiger partial charge in [-0.2, -0.15) is 0 Å². The highest BCUT2D eigenvalue weighted by atomic mass is 32.1. The molecule has 0 aliphatic carbocycles. The molecule has 3 N–H and O–H groups in total. The average Bonchev–Trinajstić information content (AvgIpc) is 3.20. The van der Waals surface area contributed by atoms with Crippen molar-refractivity contribution >= 4 is 59.8 Å². The van der Waals surface area contributed by atoms with Gasteiger partial charge in [-0.05, 0) is 31.5 Å². The summed E-state index contributed by atoms with van der Waals surface area (Å²) in [6, 6.07) is 5.57. The van der Waals surface area contributed by atoms with Crippen LogP contribution in [0.2, 0.25) is 0 Å². The van der Waals surface area contributed by atoms with E-state index >= 15 is 0 Å². The molecule has 0 unspecified atom stereocenters. The van der Waals surface area contributed by atoms with Crippen molar-refractivity contribution in [3.05, 3.63) is 34.3 Å². The van der Waals surface area contributed by atoms with Gasteiger partial charge in [-0.25, -0.2) is 9.97 Å². The molecule has 3 aromatic heterocycles. The maximum atomic E-state index is 12.9. The van der Waals surface area contributed by atoms with Gasteiger partial charge in [0.2, 0.25) is 0 Å². The molecule has 1 aromatic carbocycles. The van der Waals surface area contributed by atoms with Gasteiger partial charge in [-0.15, -0.1) is 11.3 Å². The minimum Gasteiger partial charge on any atom is -0.497 e. The Morgan fingerprint density at radius 3 is 2.61 bits per heavy atom. The number of carbonyl (C=O) groups is 1. The van der Waals surface area contributed by atoms with Crippen molar-refractivity contribution in [2.24, 2.45) is 0 Å². The molecule has 0 saturated carbocycles. The summed E-state index contributed by atoms with van der Waals surface area (Å²) in [5, 5.41) is 4.14. The molecule has 0 bridgehead atoms. The molecule has 28 heavy (non-hydrogen) atoms. The Hall–Kier alpha value is -2.91. The zero-order chi connectivity index (χ0) is 20.0. The zero-order valence-corrected chi connectivity index (χ0v) is 17.4. The van der Waals surface area contributed by atoms with Crippen LogP contribution in [-0.2, 0) is 0 Å². The highest BCUT2D eigenvalue weighted by Gasteiger charge is 2.21. The van der Waals surface area contributed by atoms with Gasteiger partial charge < -0.3 is 15.2 Å². The van der Waals surface area contributed by atoms with E-state index in [4.69, 9.17) is 15.2 Å². The van der Waals surface area contributed by atoms with E-state index in [-0.39, 0.29) is 5.91 Å². The number of benzene rings is 1. The Balaban J connectivity index is 1.72. The number of ether oxygens (including phenoxy) is 2. The zero-order valence-electron chi connectivity index (χ0n) is 15.7. The normalized spacial score (nSPS) is 11.1. The van der Waals surface area contributed by atoms with Gasteiger partial charge in [0, 0.05) is 17.1 Å². The van der Waals surface area contributed by atoms with E-state index in [1.165, 1.54) is 22.7 Å². The largest absolute Gasteiger partial charge is 0.497 e. The van der Waals surface area contributed by atoms with E-state index in [0.717, 1.165) is 26.2 Å². The van der Waals surface area contributed by atoms with E-state index in [9.17, 15) is 4.79 Å². The number of nitrogens with one attached hydrogen (secondary N) is 1. The summed E-state index contributed by atoms with van der Waals surface area (Å²) in [7, 11) is 3.16. The molecular formula is C19H18N4O3S2. The van der Waals surface area contributed by atoms with E-state index in [1.807, 2.05) is 26.0 Å². The van der Waals surface area contributed by atoms with Crippen LogP contribution in [-0.4, -0.2) is 30.1 Å². The molecule has 0 atom stereocenters. The summed E-state index contributed by atoms with van der Waals surface area (Å²) in [6.07, 6.45) is 0. The molecule has 0 aliphatic rings. The van der Waals surface area contributed by atoms with Gasteiger partial charge in [0.25, 0.3) is 5.91 Å². The maximum absolute atomic E-state index is 12.9. The van der Waals surface area contributed by atoms with Crippen molar-refractivity contribution in [3.8, 4) is 11.5 Å². The number of rotatable bonds is 4. The second-order valence-corrected chi connectivity index (χ2v) is 8.28. The number of nitrogens with two attached hydrogens (primary N) is 1. The van der Waals surface area contributed by atoms with Crippen molar-refractivity contribution < 1.29 is 14.3 Å². The Morgan fingerprint density at radius 2 is 1.89 bits per heavy atom. The summed E-state index contributed by atoms with van der Waals surface area (Å²) in [4.78, 5) is 23.0. The van der Waals surface area contributed by atoms with Crippen LogP contribution in [0.15, 0.2) is 18.2 Å². The molecule has 3 heterocycles. The van der Waals surface area contributed by atoms with E-state index in [2.05, 4.69) is 15.3 Å². The second kappa shape index (κ2) is 6.92. The number of thiophene rings is 1. The third kappa shape index (κ3) is 3.02. The van der Waals surface area contributed by atoms with E-state index in [0.29, 0.717) is 32.7 Å². The quantitative estimate of drug-likeness (QED) is 0.514. The van der Waals surface area contributed by atoms with Crippen molar-refractivity contribution in [2.75, 3.05) is 25.3 Å². The predicted octanol–water partition coefficient (Wildman–Crippen LogP) is 4.37. The number of nitrogens with zero attached hydrogens (tertiary/aromatic N) is 2. The minimum absolute atomic E-state index is 0.303. The maximum Gasteiger partial charge on any atom is 0.269 e. The Kier molecular flexibility index (Phi) is 4.56. The number of pyridine rings is 1. The lowest BCUT2D eigenvalue weighted by Gasteiger charge is -2.03. The van der Waals surface area contributed by atoms with Gasteiger partial charge >= 0.3 is 0 Å². The second-order valence-electron chi connectivity index (χ2n) is 6.26. The first-order chi connectivity index (χ1) is 13.4. The molecule has 0 aliphatic heterocycles. The van der Waals surface area contributed by atoms with Gasteiger partial charge in [0.05, 0.1) is 24.6 Å². The third-order valence-electron chi connectivity index (χ3n) is 4.34. The number of thiazole rings is 1. The average molecular weight is 415 g/mol. The van der Waals surface area contributed by atoms with E-state index in [1.54, 1.807) is 20.3 Å². The van der Waals surface area contributed by atoms with Crippen LogP contribution in [0.25, 0.3) is 20.4 Å². The van der Waals surface area contributed by atoms with Gasteiger partial charge in [0.1, 0.15) is 26.7 Å². The molecule has 9 heteroatoms. The summed E-state index contributed by atoms with van der Waals surface area (Å²) in [6.45, 7) is 3.89. The van der Waals surface area contributed by atoms with Crippen molar-refractivity contribution in [1.82, 2.24) is 9.97 Å². The van der Waals surface area contributed by atoms with Crippen LogP contribution in [0.3, 0.4) is 0 Å². The number of hydrogen-bond acceptors (Lipinski definition) is 8. The monoisotopic (exact) mass is 414 g/mol. The lowest BCUT2D eigenvalue weighted by atomic mass is 10.1. The molecule has 4 rings (SSSR count). The number of hydrogen-bond donors (Lipinski definition) is 2. The van der Waals surface area contributed by atoms with Crippen LogP contribution in [0.1, 0.15) is 20.9 Å². The van der Waals surface area contributed by atoms with Crippen LogP contribution in [0.4, 0.5) is 10.8 Å². The first-order valence-electron chi connectivity index (χ1n) is 8.41. The molecule has 7 nitrogen and oxygen atoms in total. The number of anilines is 2. The minimum atomic E-state index is -0.303. The molecule has 0 radical (unpaired) electrons. The molecule has 0 fully saturated rings. The van der Waals surface area contributed by atoms with Gasteiger partial charge in [0.15, 0.2) is 5.13 Å². The number of fused-ring (bicyclic) bond motifs is 2. The first-order valence-corrected chi connectivity index (χ1v) is 10.0. The van der Waals surface area contributed by atoms with Crippen molar-refractivity contribution in [1.29, 1.82) is 0 Å². The number of amides is 1. The number of aromatic nitrogens is 2. The van der Waals surface area contributed by atoms with Crippen LogP contribution in [0, 0.1) is 13.8 Å². The predicted molar refractivity (Wildman–Crippen MR) is 114 cm³/mol. The number of carbonyl (C=O) groups excluding carboxylic acids is 1. The molecule has 1 amide bonds. The highest BCUT2D eigenvalue weighted by molar-refractivity contribution is 7.23. The fourth-order valence-corrected chi connectivity index (χ4v) is 5.11. The fraction of sp³-hybridized carbons (Fsp3) is 0.211. The summed E-state index contributed by atoms with van der Waals surface area (Å²) in [5.74, 6) is 0.946. The Bertz CT molecular complexity index is 1230. The molecular weight excluding hydrogens is 396 g/mol. The number of aryl methyl sites for hydroxylation is 2. The standard InChI is InChI=1S/C19H18N4O3S2/c1-8-5-9(2)21-18-13(8)14(20)16(28-18)17(24)23-19-22-15-11(26-4)6-10(25-3)7-12(15)27-19/h5-7H,20H2,1-4H3,(H,22,23,24). The Labute approximate surface area is 169 Å². The van der Waals surface area contributed by atoms with Gasteiger partial charge in [-0.3, -0.25) is 10.1 Å². The number of nitrogen functional groups attached to an aromatic ring is 1. The van der Waals surface area contributed by atoms with E-state index < -0.39 is 0 Å². The lowest BCUT2D eigenvalue weighted by Crippen LogP contribution is -2.11. The highest BCUT2D eigenvalue weighted by Crippen LogP contribution is 2.38. The van der Waals surface area contributed by atoms with Crippen LogP contribution >= 0.6 is 22.7 Å². The smallest absolute Gasteiger partial charge is 0.269 e. The SMILES string of the molecule is COc1cc(OC)c2nc(NC(=O)c3sc4nc(C)cc(C)c4c3N)sc2c1. The first kappa shape index (κ1) is 18.5. The van der Waals surface area contributed by atoms with Crippen molar-refractivity contribution in [3.63, 3.8) is 0 Å². The van der Waals surface area contributed by atoms with Crippen LogP contribution < -0.4 is 20.5 Å². The number of methoxy groups -OCH3 is 2. The fourth-order valence-electron chi connectivity index (χ4n) is 3.09. The van der Waals surface area contributed by atoms with Crippen molar-refractivity contribution in [2.45, 2.75) is 13.8 Å². The topological polar surface area (TPSA) is 99.4 Å². The Morgan fingerprint density at radius 1 is 1.11 bits per heavy atom. The molecule has 144 valence electrons. The molecule has 0 spiro atoms.